The number of likely N-dealkylation sites (N-methyl/N-ethyl adjacent to an activating group) is 2. The summed E-state index contributed by atoms with van der Waals surface area (Å²) in [5.41, 5.74) is 0. The topological polar surface area (TPSA) is 43.8 Å². The van der Waals surface area contributed by atoms with Crippen LogP contribution in [0.15, 0.2) is 0 Å². The molecule has 0 radical (unpaired) electrons. The van der Waals surface area contributed by atoms with E-state index in [0.29, 0.717) is 12.1 Å². The molecule has 15 heavy (non-hydrogen) atoms. The van der Waals surface area contributed by atoms with Gasteiger partial charge in [-0.2, -0.15) is 0 Å². The van der Waals surface area contributed by atoms with Crippen molar-refractivity contribution in [3.05, 3.63) is 0 Å². The minimum atomic E-state index is -0.692. The van der Waals surface area contributed by atoms with Crippen molar-refractivity contribution in [1.29, 1.82) is 0 Å². The van der Waals surface area contributed by atoms with Gasteiger partial charge in [-0.15, -0.1) is 0 Å². The molecule has 1 aliphatic heterocycles. The summed E-state index contributed by atoms with van der Waals surface area (Å²) in [6.07, 6.45) is 2.19. The van der Waals surface area contributed by atoms with Crippen molar-refractivity contribution >= 4 is 5.97 Å². The Balaban J connectivity index is 2.53. The molecule has 1 fully saturated rings. The third kappa shape index (κ3) is 3.80. The highest BCUT2D eigenvalue weighted by Gasteiger charge is 2.25. The molecule has 0 amide bonds. The summed E-state index contributed by atoms with van der Waals surface area (Å²) in [5, 5.41) is 8.70. The van der Waals surface area contributed by atoms with Crippen LogP contribution in [0.25, 0.3) is 0 Å². The molecule has 0 bridgehead atoms. The Bertz CT molecular complexity index is 221. The van der Waals surface area contributed by atoms with Gasteiger partial charge in [0, 0.05) is 25.0 Å². The first-order chi connectivity index (χ1) is 7.00. The molecule has 88 valence electrons. The third-order valence-electron chi connectivity index (χ3n) is 3.41. The molecule has 4 heteroatoms. The van der Waals surface area contributed by atoms with Gasteiger partial charge in [0.15, 0.2) is 0 Å². The fraction of sp³-hybridized carbons (Fsp3) is 0.909. The lowest BCUT2D eigenvalue weighted by Crippen LogP contribution is -2.41. The average molecular weight is 214 g/mol. The van der Waals surface area contributed by atoms with Crippen molar-refractivity contribution in [3.63, 3.8) is 0 Å². The highest BCUT2D eigenvalue weighted by atomic mass is 16.4. The summed E-state index contributed by atoms with van der Waals surface area (Å²) >= 11 is 0. The number of hydrogen-bond donors (Lipinski definition) is 1. The molecule has 1 N–H and O–H groups in total. The van der Waals surface area contributed by atoms with Gasteiger partial charge in [0.05, 0.1) is 0 Å². The zero-order valence-corrected chi connectivity index (χ0v) is 9.94. The molecule has 0 aliphatic carbocycles. The molecule has 2 atom stereocenters. The maximum absolute atomic E-state index is 10.6. The highest BCUT2D eigenvalue weighted by Crippen LogP contribution is 2.16. The van der Waals surface area contributed by atoms with Crippen LogP contribution >= 0.6 is 0 Å². The van der Waals surface area contributed by atoms with Crippen molar-refractivity contribution in [1.82, 2.24) is 9.80 Å². The Hall–Kier alpha value is -0.610. The second-order valence-electron chi connectivity index (χ2n) is 4.65. The monoisotopic (exact) mass is 214 g/mol. The van der Waals surface area contributed by atoms with E-state index in [1.54, 1.807) is 0 Å². The van der Waals surface area contributed by atoms with Gasteiger partial charge in [-0.05, 0) is 40.4 Å². The van der Waals surface area contributed by atoms with Crippen LogP contribution in [-0.4, -0.2) is 60.1 Å². The normalized spacial score (nSPS) is 30.1. The van der Waals surface area contributed by atoms with E-state index in [2.05, 4.69) is 30.8 Å². The second kappa shape index (κ2) is 5.47. The number of rotatable bonds is 3. The molecule has 0 aromatic carbocycles. The van der Waals surface area contributed by atoms with Crippen LogP contribution in [0.4, 0.5) is 0 Å². The van der Waals surface area contributed by atoms with Gasteiger partial charge in [0.2, 0.25) is 0 Å². The summed E-state index contributed by atoms with van der Waals surface area (Å²) in [5.74, 6) is -0.692. The summed E-state index contributed by atoms with van der Waals surface area (Å²) in [6, 6.07) is 0.928. The van der Waals surface area contributed by atoms with Crippen LogP contribution < -0.4 is 0 Å². The Kier molecular flexibility index (Phi) is 4.54. The summed E-state index contributed by atoms with van der Waals surface area (Å²) < 4.78 is 0. The Morgan fingerprint density at radius 2 is 2.13 bits per heavy atom. The van der Waals surface area contributed by atoms with E-state index in [1.807, 2.05) is 0 Å². The minimum absolute atomic E-state index is 0.273. The lowest BCUT2D eigenvalue weighted by atomic mass is 10.1. The third-order valence-corrected chi connectivity index (χ3v) is 3.41. The van der Waals surface area contributed by atoms with E-state index in [0.717, 1.165) is 25.9 Å². The summed E-state index contributed by atoms with van der Waals surface area (Å²) in [6.45, 7) is 4.30. The minimum Gasteiger partial charge on any atom is -0.481 e. The predicted molar refractivity (Wildman–Crippen MR) is 60.0 cm³/mol. The number of carboxylic acid groups (broad SMARTS) is 1. The number of carbonyl (C=O) groups is 1. The Morgan fingerprint density at radius 1 is 1.47 bits per heavy atom. The van der Waals surface area contributed by atoms with Gasteiger partial charge in [-0.3, -0.25) is 9.69 Å². The van der Waals surface area contributed by atoms with Gasteiger partial charge in [-0.25, -0.2) is 0 Å². The zero-order chi connectivity index (χ0) is 11.4. The van der Waals surface area contributed by atoms with Crippen LogP contribution in [0.1, 0.15) is 26.2 Å². The standard InChI is InChI=1S/C11H22N2O2/c1-9-6-7-12(2)8-10(13(9)3)4-5-11(14)15/h9-10H,4-8H2,1-3H3,(H,14,15). The molecule has 1 rings (SSSR count). The number of carboxylic acids is 1. The lowest BCUT2D eigenvalue weighted by molar-refractivity contribution is -0.137. The van der Waals surface area contributed by atoms with Crippen molar-refractivity contribution in [2.24, 2.45) is 0 Å². The smallest absolute Gasteiger partial charge is 0.303 e. The lowest BCUT2D eigenvalue weighted by Gasteiger charge is -2.30. The maximum atomic E-state index is 10.6. The molecule has 0 spiro atoms. The molecular weight excluding hydrogens is 192 g/mol. The van der Waals surface area contributed by atoms with Gasteiger partial charge in [-0.1, -0.05) is 0 Å². The first kappa shape index (κ1) is 12.5. The van der Waals surface area contributed by atoms with E-state index in [-0.39, 0.29) is 6.42 Å². The van der Waals surface area contributed by atoms with E-state index in [1.165, 1.54) is 0 Å². The van der Waals surface area contributed by atoms with Crippen LogP contribution in [0.5, 0.6) is 0 Å². The molecule has 1 saturated heterocycles. The first-order valence-electron chi connectivity index (χ1n) is 5.63. The number of hydrogen-bond acceptors (Lipinski definition) is 3. The fourth-order valence-electron chi connectivity index (χ4n) is 2.14. The zero-order valence-electron chi connectivity index (χ0n) is 9.94. The van der Waals surface area contributed by atoms with Gasteiger partial charge < -0.3 is 10.0 Å². The average Bonchev–Trinajstić information content (AvgIpc) is 2.29. The molecule has 0 aromatic heterocycles. The summed E-state index contributed by atoms with van der Waals surface area (Å²) in [4.78, 5) is 15.2. The summed E-state index contributed by atoms with van der Waals surface area (Å²) in [7, 11) is 4.22. The molecular formula is C11H22N2O2. The van der Waals surface area contributed by atoms with Crippen LogP contribution in [0.2, 0.25) is 0 Å². The molecule has 2 unspecified atom stereocenters. The van der Waals surface area contributed by atoms with E-state index >= 15 is 0 Å². The second-order valence-corrected chi connectivity index (χ2v) is 4.65. The molecule has 1 heterocycles. The molecule has 0 saturated carbocycles. The maximum Gasteiger partial charge on any atom is 0.303 e. The van der Waals surface area contributed by atoms with Crippen molar-refractivity contribution in [2.45, 2.75) is 38.3 Å². The highest BCUT2D eigenvalue weighted by molar-refractivity contribution is 5.66. The van der Waals surface area contributed by atoms with Gasteiger partial charge in [0.25, 0.3) is 0 Å². The van der Waals surface area contributed by atoms with Crippen LogP contribution in [-0.2, 0) is 4.79 Å². The van der Waals surface area contributed by atoms with Crippen molar-refractivity contribution < 1.29 is 9.90 Å². The van der Waals surface area contributed by atoms with Crippen LogP contribution in [0.3, 0.4) is 0 Å². The van der Waals surface area contributed by atoms with Crippen molar-refractivity contribution in [2.75, 3.05) is 27.2 Å². The van der Waals surface area contributed by atoms with Gasteiger partial charge in [0.1, 0.15) is 0 Å². The van der Waals surface area contributed by atoms with E-state index in [4.69, 9.17) is 5.11 Å². The molecule has 1 aliphatic rings. The quantitative estimate of drug-likeness (QED) is 0.757. The number of aliphatic carboxylic acids is 1. The fourth-order valence-corrected chi connectivity index (χ4v) is 2.14. The van der Waals surface area contributed by atoms with Crippen LogP contribution in [0, 0.1) is 0 Å². The number of nitrogens with zero attached hydrogens (tertiary/aromatic N) is 2. The Morgan fingerprint density at radius 3 is 2.73 bits per heavy atom. The van der Waals surface area contributed by atoms with E-state index < -0.39 is 5.97 Å². The predicted octanol–water partition coefficient (Wildman–Crippen LogP) is 0.876. The van der Waals surface area contributed by atoms with E-state index in [9.17, 15) is 4.79 Å². The Labute approximate surface area is 91.9 Å². The van der Waals surface area contributed by atoms with Gasteiger partial charge >= 0.3 is 5.97 Å². The SMILES string of the molecule is CC1CCN(C)CC(CCC(=O)O)N1C. The molecule has 4 nitrogen and oxygen atoms in total. The first-order valence-corrected chi connectivity index (χ1v) is 5.63. The largest absolute Gasteiger partial charge is 0.481 e. The molecule has 0 aromatic rings. The van der Waals surface area contributed by atoms with Crippen molar-refractivity contribution in [3.8, 4) is 0 Å².